The van der Waals surface area contributed by atoms with Crippen LogP contribution < -0.4 is 10.6 Å². The molecule has 2 N–H and O–H groups in total. The first-order valence-electron chi connectivity index (χ1n) is 10.9. The van der Waals surface area contributed by atoms with Crippen molar-refractivity contribution in [1.29, 1.82) is 0 Å². The Morgan fingerprint density at radius 1 is 0.912 bits per heavy atom. The van der Waals surface area contributed by atoms with Crippen molar-refractivity contribution < 1.29 is 4.79 Å². The van der Waals surface area contributed by atoms with E-state index in [2.05, 4.69) is 54.7 Å². The Hall–Kier alpha value is -3.97. The summed E-state index contributed by atoms with van der Waals surface area (Å²) in [7, 11) is 0. The molecule has 168 valence electrons. The highest BCUT2D eigenvalue weighted by Crippen LogP contribution is 2.22. The summed E-state index contributed by atoms with van der Waals surface area (Å²) < 4.78 is 3.09. The minimum atomic E-state index is -0.139. The number of hydrogen-bond donors (Lipinski definition) is 2. The summed E-state index contributed by atoms with van der Waals surface area (Å²) in [5, 5.41) is 6.41. The predicted molar refractivity (Wildman–Crippen MR) is 138 cm³/mol. The lowest BCUT2D eigenvalue weighted by molar-refractivity contribution is 0.0951. The average molecular weight is 512 g/mol. The summed E-state index contributed by atoms with van der Waals surface area (Å²) in [5.41, 5.74) is 6.46. The van der Waals surface area contributed by atoms with E-state index in [-0.39, 0.29) is 5.91 Å². The van der Waals surface area contributed by atoms with Crippen molar-refractivity contribution in [2.75, 3.05) is 5.32 Å². The molecule has 0 spiro atoms. The summed E-state index contributed by atoms with van der Waals surface area (Å²) in [6.07, 6.45) is 5.24. The molecule has 2 heterocycles. The molecule has 0 fully saturated rings. The minimum absolute atomic E-state index is 0.139. The number of nitrogens with one attached hydrogen (secondary N) is 2. The summed E-state index contributed by atoms with van der Waals surface area (Å²) in [5.74, 6) is -0.139. The minimum Gasteiger partial charge on any atom is -0.381 e. The van der Waals surface area contributed by atoms with Gasteiger partial charge in [0.1, 0.15) is 6.33 Å². The maximum absolute atomic E-state index is 12.6. The smallest absolute Gasteiger partial charge is 0.251 e. The largest absolute Gasteiger partial charge is 0.381 e. The molecule has 5 aromatic rings. The number of amides is 1. The van der Waals surface area contributed by atoms with Gasteiger partial charge in [0.2, 0.25) is 0 Å². The molecule has 6 nitrogen and oxygen atoms in total. The Morgan fingerprint density at radius 2 is 1.79 bits per heavy atom. The zero-order chi connectivity index (χ0) is 23.3. The second-order valence-electron chi connectivity index (χ2n) is 7.89. The highest BCUT2D eigenvalue weighted by atomic mass is 79.9. The summed E-state index contributed by atoms with van der Waals surface area (Å²) >= 11 is 3.47. The topological polar surface area (TPSA) is 71.8 Å². The van der Waals surface area contributed by atoms with E-state index in [4.69, 9.17) is 0 Å². The van der Waals surface area contributed by atoms with E-state index in [0.717, 1.165) is 39.0 Å². The number of halogens is 1. The average Bonchev–Trinajstić information content (AvgIpc) is 3.31. The number of imidazole rings is 1. The molecule has 7 heteroatoms. The van der Waals surface area contributed by atoms with Crippen LogP contribution in [0, 0.1) is 0 Å². The van der Waals surface area contributed by atoms with Gasteiger partial charge in [-0.1, -0.05) is 40.2 Å². The molecule has 0 aliphatic rings. The van der Waals surface area contributed by atoms with Crippen molar-refractivity contribution in [1.82, 2.24) is 19.9 Å². The van der Waals surface area contributed by atoms with E-state index in [9.17, 15) is 4.79 Å². The number of anilines is 1. The molecule has 2 aromatic heterocycles. The van der Waals surface area contributed by atoms with Gasteiger partial charge in [0, 0.05) is 46.9 Å². The van der Waals surface area contributed by atoms with Crippen LogP contribution >= 0.6 is 15.9 Å². The lowest BCUT2D eigenvalue weighted by atomic mass is 10.1. The molecule has 0 aliphatic heterocycles. The van der Waals surface area contributed by atoms with Gasteiger partial charge in [0.25, 0.3) is 5.91 Å². The third-order valence-electron chi connectivity index (χ3n) is 5.52. The molecular formula is C27H22BrN5O. The maximum Gasteiger partial charge on any atom is 0.251 e. The third-order valence-corrected chi connectivity index (χ3v) is 6.05. The predicted octanol–water partition coefficient (Wildman–Crippen LogP) is 5.73. The van der Waals surface area contributed by atoms with E-state index < -0.39 is 0 Å². The van der Waals surface area contributed by atoms with Crippen molar-refractivity contribution >= 4 is 38.6 Å². The highest BCUT2D eigenvalue weighted by Gasteiger charge is 2.11. The molecule has 5 rings (SSSR count). The summed E-state index contributed by atoms with van der Waals surface area (Å²) in [4.78, 5) is 21.2. The van der Waals surface area contributed by atoms with E-state index in [1.807, 2.05) is 65.2 Å². The molecule has 0 atom stereocenters. The van der Waals surface area contributed by atoms with Crippen molar-refractivity contribution in [3.8, 4) is 5.69 Å². The fourth-order valence-electron chi connectivity index (χ4n) is 3.72. The van der Waals surface area contributed by atoms with Crippen LogP contribution in [0.2, 0.25) is 0 Å². The van der Waals surface area contributed by atoms with Crippen LogP contribution in [0.25, 0.3) is 16.7 Å². The fraction of sp³-hybridized carbons (Fsp3) is 0.0741. The second kappa shape index (κ2) is 9.89. The number of rotatable bonds is 7. The number of carbonyl (C=O) groups excluding carboxylic acids is 1. The van der Waals surface area contributed by atoms with Gasteiger partial charge in [-0.3, -0.25) is 14.3 Å². The molecule has 0 saturated heterocycles. The Labute approximate surface area is 205 Å². The lowest BCUT2D eigenvalue weighted by Crippen LogP contribution is -2.22. The van der Waals surface area contributed by atoms with E-state index in [0.29, 0.717) is 12.1 Å². The van der Waals surface area contributed by atoms with Crippen LogP contribution in [-0.2, 0) is 13.1 Å². The molecule has 0 aliphatic carbocycles. The first kappa shape index (κ1) is 21.9. The Kier molecular flexibility index (Phi) is 6.35. The second-order valence-corrected chi connectivity index (χ2v) is 8.81. The van der Waals surface area contributed by atoms with Crippen molar-refractivity contribution in [2.45, 2.75) is 13.1 Å². The van der Waals surface area contributed by atoms with Crippen LogP contribution in [0.4, 0.5) is 5.69 Å². The number of carbonyl (C=O) groups is 1. The van der Waals surface area contributed by atoms with Crippen molar-refractivity contribution in [3.63, 3.8) is 0 Å². The van der Waals surface area contributed by atoms with Gasteiger partial charge < -0.3 is 10.6 Å². The number of pyridine rings is 1. The monoisotopic (exact) mass is 511 g/mol. The fourth-order valence-corrected chi connectivity index (χ4v) is 3.98. The van der Waals surface area contributed by atoms with Crippen LogP contribution in [0.3, 0.4) is 0 Å². The van der Waals surface area contributed by atoms with Gasteiger partial charge in [-0.25, -0.2) is 4.98 Å². The van der Waals surface area contributed by atoms with Gasteiger partial charge in [0.15, 0.2) is 0 Å². The molecule has 34 heavy (non-hydrogen) atoms. The molecule has 0 saturated carbocycles. The lowest BCUT2D eigenvalue weighted by Gasteiger charge is -2.10. The first-order valence-corrected chi connectivity index (χ1v) is 11.7. The molecule has 0 radical (unpaired) electrons. The van der Waals surface area contributed by atoms with Gasteiger partial charge >= 0.3 is 0 Å². The molecule has 0 bridgehead atoms. The number of aromatic nitrogens is 3. The highest BCUT2D eigenvalue weighted by molar-refractivity contribution is 9.10. The summed E-state index contributed by atoms with van der Waals surface area (Å²) in [6.45, 7) is 1.16. The molecule has 0 unspecified atom stereocenters. The van der Waals surface area contributed by atoms with Crippen LogP contribution in [-0.4, -0.2) is 20.4 Å². The van der Waals surface area contributed by atoms with Crippen molar-refractivity contribution in [2.24, 2.45) is 0 Å². The van der Waals surface area contributed by atoms with Gasteiger partial charge in [-0.15, -0.1) is 0 Å². The maximum atomic E-state index is 12.6. The quantitative estimate of drug-likeness (QED) is 0.293. The van der Waals surface area contributed by atoms with Crippen LogP contribution in [0.1, 0.15) is 21.5 Å². The van der Waals surface area contributed by atoms with Crippen LogP contribution in [0.5, 0.6) is 0 Å². The van der Waals surface area contributed by atoms with Crippen LogP contribution in [0.15, 0.2) is 102 Å². The van der Waals surface area contributed by atoms with E-state index >= 15 is 0 Å². The standard InChI is InChI=1S/C27H22BrN5O/c28-22-9-6-19(7-10-22)16-30-23-4-1-5-24(14-23)33-18-32-25-13-21(8-11-26(25)33)27(34)31-17-20-3-2-12-29-15-20/h1-15,18,30H,16-17H2,(H,31,34). The zero-order valence-electron chi connectivity index (χ0n) is 18.3. The SMILES string of the molecule is O=C(NCc1cccnc1)c1ccc2c(c1)ncn2-c1cccc(NCc2ccc(Br)cc2)c1. The van der Waals surface area contributed by atoms with E-state index in [1.54, 1.807) is 18.7 Å². The number of fused-ring (bicyclic) bond motifs is 1. The number of benzene rings is 3. The Morgan fingerprint density at radius 3 is 2.62 bits per heavy atom. The Bertz CT molecular complexity index is 1430. The Balaban J connectivity index is 1.31. The molecule has 1 amide bonds. The van der Waals surface area contributed by atoms with Crippen molar-refractivity contribution in [3.05, 3.63) is 119 Å². The molecular weight excluding hydrogens is 490 g/mol. The van der Waals surface area contributed by atoms with Gasteiger partial charge in [-0.05, 0) is 65.7 Å². The zero-order valence-corrected chi connectivity index (χ0v) is 19.9. The number of hydrogen-bond acceptors (Lipinski definition) is 4. The van der Waals surface area contributed by atoms with Gasteiger partial charge in [0.05, 0.1) is 11.0 Å². The normalized spacial score (nSPS) is 10.9. The third kappa shape index (κ3) is 5.00. The number of nitrogens with zero attached hydrogens (tertiary/aromatic N) is 3. The first-order chi connectivity index (χ1) is 16.7. The van der Waals surface area contributed by atoms with E-state index in [1.165, 1.54) is 5.56 Å². The van der Waals surface area contributed by atoms with Gasteiger partial charge in [-0.2, -0.15) is 0 Å². The summed E-state index contributed by atoms with van der Waals surface area (Å²) in [6, 6.07) is 25.8. The molecule has 3 aromatic carbocycles.